The van der Waals surface area contributed by atoms with Crippen LogP contribution in [0, 0.1) is 17.3 Å². The van der Waals surface area contributed by atoms with E-state index in [-0.39, 0.29) is 42.9 Å². The van der Waals surface area contributed by atoms with Crippen LogP contribution in [-0.4, -0.2) is 30.8 Å². The highest BCUT2D eigenvalue weighted by molar-refractivity contribution is 5.81. The Kier molecular flexibility index (Phi) is 5.75. The Morgan fingerprint density at radius 3 is 2.85 bits per heavy atom. The van der Waals surface area contributed by atoms with Gasteiger partial charge in [-0.15, -0.1) is 0 Å². The quantitative estimate of drug-likeness (QED) is 0.625. The summed E-state index contributed by atoms with van der Waals surface area (Å²) in [7, 11) is 1.37. The summed E-state index contributed by atoms with van der Waals surface area (Å²) in [4.78, 5) is 25.0. The maximum Gasteiger partial charge on any atom is 0.313 e. The molecule has 1 saturated heterocycles. The molecule has 1 spiro atoms. The molecule has 0 aromatic carbocycles. The monoisotopic (exact) mass is 376 g/mol. The molecule has 0 radical (unpaired) electrons. The Labute approximate surface area is 159 Å². The number of carbonyl (C=O) groups excluding carboxylic acids is 2. The van der Waals surface area contributed by atoms with Crippen LogP contribution in [0.5, 0.6) is 0 Å². The molecule has 2 aliphatic rings. The van der Waals surface area contributed by atoms with E-state index < -0.39 is 5.41 Å². The topological polar surface area (TPSA) is 86.0 Å². The highest BCUT2D eigenvalue weighted by atomic mass is 16.6. The smallest absolute Gasteiger partial charge is 0.313 e. The van der Waals surface area contributed by atoms with Crippen molar-refractivity contribution in [3.05, 3.63) is 35.3 Å². The van der Waals surface area contributed by atoms with Crippen LogP contribution in [0.15, 0.2) is 34.2 Å². The Balaban J connectivity index is 1.99. The standard InChI is InChI=1S/C21H28O6/c1-13(11-22)16-5-4-14(2)21(17(16)6-7-19(23)25-3)10-18(27-20(21)24)15-8-9-26-12-15/h8-9,12,14,17-18,22H,4-7,10-11H2,1-3H3/t14-,17+,18+,21-/m1/s1. The molecular weight excluding hydrogens is 348 g/mol. The number of ether oxygens (including phenoxy) is 2. The van der Waals surface area contributed by atoms with E-state index in [1.54, 1.807) is 12.5 Å². The van der Waals surface area contributed by atoms with Crippen LogP contribution in [0.4, 0.5) is 0 Å². The average molecular weight is 376 g/mol. The number of cyclic esters (lactones) is 1. The second-order valence-electron chi connectivity index (χ2n) is 7.77. The van der Waals surface area contributed by atoms with Gasteiger partial charge in [-0.05, 0) is 49.7 Å². The van der Waals surface area contributed by atoms with Gasteiger partial charge in [-0.25, -0.2) is 0 Å². The third-order valence-electron chi connectivity index (χ3n) is 6.49. The Morgan fingerprint density at radius 2 is 2.22 bits per heavy atom. The average Bonchev–Trinajstić information content (AvgIpc) is 3.31. The van der Waals surface area contributed by atoms with Crippen molar-refractivity contribution in [2.45, 2.75) is 52.1 Å². The van der Waals surface area contributed by atoms with Gasteiger partial charge in [-0.2, -0.15) is 0 Å². The molecule has 1 N–H and O–H groups in total. The van der Waals surface area contributed by atoms with Gasteiger partial charge >= 0.3 is 11.9 Å². The first-order valence-electron chi connectivity index (χ1n) is 9.53. The molecule has 6 heteroatoms. The van der Waals surface area contributed by atoms with Crippen molar-refractivity contribution in [3.63, 3.8) is 0 Å². The lowest BCUT2D eigenvalue weighted by atomic mass is 9.55. The summed E-state index contributed by atoms with van der Waals surface area (Å²) in [5, 5.41) is 9.72. The SMILES string of the molecule is COC(=O)CC[C@H]1C(=C(C)CO)CC[C@@H](C)[C@]12C[C@@H](c1ccoc1)OC2=O. The number of furan rings is 1. The van der Waals surface area contributed by atoms with E-state index >= 15 is 0 Å². The lowest BCUT2D eigenvalue weighted by Gasteiger charge is -2.45. The molecule has 2 heterocycles. The van der Waals surface area contributed by atoms with Crippen LogP contribution in [0.1, 0.15) is 57.6 Å². The third-order valence-corrected chi connectivity index (χ3v) is 6.49. The molecule has 148 valence electrons. The van der Waals surface area contributed by atoms with Gasteiger partial charge in [0, 0.05) is 18.4 Å². The van der Waals surface area contributed by atoms with Crippen molar-refractivity contribution < 1.29 is 28.6 Å². The van der Waals surface area contributed by atoms with Gasteiger partial charge in [-0.1, -0.05) is 12.5 Å². The predicted octanol–water partition coefficient (Wildman–Crippen LogP) is 3.56. The number of aliphatic hydroxyl groups excluding tert-OH is 1. The van der Waals surface area contributed by atoms with Gasteiger partial charge in [0.15, 0.2) is 0 Å². The largest absolute Gasteiger partial charge is 0.472 e. The molecule has 2 fully saturated rings. The minimum absolute atomic E-state index is 0.0469. The fourth-order valence-electron chi connectivity index (χ4n) is 4.87. The first kappa shape index (κ1) is 19.7. The molecule has 1 aliphatic heterocycles. The Bertz CT molecular complexity index is 719. The number of rotatable bonds is 5. The zero-order chi connectivity index (χ0) is 19.6. The van der Waals surface area contributed by atoms with E-state index in [0.717, 1.165) is 29.6 Å². The van der Waals surface area contributed by atoms with E-state index in [1.807, 2.05) is 13.0 Å². The van der Waals surface area contributed by atoms with Gasteiger partial charge in [-0.3, -0.25) is 9.59 Å². The van der Waals surface area contributed by atoms with E-state index in [9.17, 15) is 14.7 Å². The number of carbonyl (C=O) groups is 2. The molecule has 1 saturated carbocycles. The van der Waals surface area contributed by atoms with Gasteiger partial charge in [0.05, 0.1) is 31.7 Å². The van der Waals surface area contributed by atoms with Crippen LogP contribution in [0.25, 0.3) is 0 Å². The highest BCUT2D eigenvalue weighted by Crippen LogP contribution is 2.59. The van der Waals surface area contributed by atoms with Crippen LogP contribution in [-0.2, 0) is 19.1 Å². The molecule has 0 bridgehead atoms. The molecule has 0 amide bonds. The van der Waals surface area contributed by atoms with Crippen molar-refractivity contribution in [2.24, 2.45) is 17.3 Å². The van der Waals surface area contributed by atoms with Gasteiger partial charge < -0.3 is 19.0 Å². The second-order valence-corrected chi connectivity index (χ2v) is 7.77. The Morgan fingerprint density at radius 1 is 1.44 bits per heavy atom. The molecule has 1 aromatic heterocycles. The molecule has 27 heavy (non-hydrogen) atoms. The summed E-state index contributed by atoms with van der Waals surface area (Å²) in [6.07, 6.45) is 5.84. The van der Waals surface area contributed by atoms with Crippen molar-refractivity contribution in [1.29, 1.82) is 0 Å². The van der Waals surface area contributed by atoms with Crippen LogP contribution in [0.2, 0.25) is 0 Å². The highest BCUT2D eigenvalue weighted by Gasteiger charge is 2.59. The number of hydrogen-bond donors (Lipinski definition) is 1. The number of esters is 2. The maximum atomic E-state index is 13.2. The normalized spacial score (nSPS) is 32.4. The summed E-state index contributed by atoms with van der Waals surface area (Å²) in [6, 6.07) is 1.82. The number of aliphatic hydroxyl groups is 1. The van der Waals surface area contributed by atoms with Crippen molar-refractivity contribution in [3.8, 4) is 0 Å². The lowest BCUT2D eigenvalue weighted by Crippen LogP contribution is -2.45. The number of allylic oxidation sites excluding steroid dienone is 1. The fraction of sp³-hybridized carbons (Fsp3) is 0.619. The summed E-state index contributed by atoms with van der Waals surface area (Å²) >= 11 is 0. The van der Waals surface area contributed by atoms with E-state index in [4.69, 9.17) is 13.9 Å². The van der Waals surface area contributed by atoms with E-state index in [2.05, 4.69) is 6.92 Å². The zero-order valence-corrected chi connectivity index (χ0v) is 16.2. The first-order valence-corrected chi connectivity index (χ1v) is 9.53. The molecule has 1 aliphatic carbocycles. The van der Waals surface area contributed by atoms with E-state index in [1.165, 1.54) is 7.11 Å². The van der Waals surface area contributed by atoms with E-state index in [0.29, 0.717) is 12.8 Å². The predicted molar refractivity (Wildman–Crippen MR) is 97.5 cm³/mol. The molecule has 6 nitrogen and oxygen atoms in total. The first-order chi connectivity index (χ1) is 12.9. The van der Waals surface area contributed by atoms with Crippen LogP contribution >= 0.6 is 0 Å². The fourth-order valence-corrected chi connectivity index (χ4v) is 4.87. The minimum Gasteiger partial charge on any atom is -0.472 e. The summed E-state index contributed by atoms with van der Waals surface area (Å²) in [5.74, 6) is -0.516. The van der Waals surface area contributed by atoms with Crippen LogP contribution < -0.4 is 0 Å². The molecule has 1 aromatic rings. The Hall–Kier alpha value is -2.08. The minimum atomic E-state index is -0.694. The third kappa shape index (κ3) is 3.43. The summed E-state index contributed by atoms with van der Waals surface area (Å²) in [6.45, 7) is 3.95. The molecule has 0 unspecified atom stereocenters. The molecule has 4 atom stereocenters. The lowest BCUT2D eigenvalue weighted by molar-refractivity contribution is -0.155. The van der Waals surface area contributed by atoms with Gasteiger partial charge in [0.2, 0.25) is 0 Å². The summed E-state index contributed by atoms with van der Waals surface area (Å²) in [5.41, 5.74) is 2.13. The molecular formula is C21H28O6. The van der Waals surface area contributed by atoms with Crippen molar-refractivity contribution in [1.82, 2.24) is 0 Å². The van der Waals surface area contributed by atoms with Crippen molar-refractivity contribution >= 4 is 11.9 Å². The van der Waals surface area contributed by atoms with Crippen LogP contribution in [0.3, 0.4) is 0 Å². The number of hydrogen-bond acceptors (Lipinski definition) is 6. The van der Waals surface area contributed by atoms with Gasteiger partial charge in [0.25, 0.3) is 0 Å². The van der Waals surface area contributed by atoms with Crippen molar-refractivity contribution in [2.75, 3.05) is 13.7 Å². The summed E-state index contributed by atoms with van der Waals surface area (Å²) < 4.78 is 15.8. The molecule has 3 rings (SSSR count). The second kappa shape index (κ2) is 7.89. The number of methoxy groups -OCH3 is 1. The zero-order valence-electron chi connectivity index (χ0n) is 16.2. The maximum absolute atomic E-state index is 13.2. The van der Waals surface area contributed by atoms with Gasteiger partial charge in [0.1, 0.15) is 6.10 Å².